The molecule has 32 heavy (non-hydrogen) atoms. The third kappa shape index (κ3) is 5.19. The molecule has 0 bridgehead atoms. The Balaban J connectivity index is 2.19. The fourth-order valence-corrected chi connectivity index (χ4v) is 3.46. The van der Waals surface area contributed by atoms with Crippen LogP contribution in [0.25, 0.3) is 16.7 Å². The van der Waals surface area contributed by atoms with Gasteiger partial charge in [-0.3, -0.25) is 4.79 Å². The van der Waals surface area contributed by atoms with Crippen molar-refractivity contribution in [2.75, 3.05) is 26.9 Å². The molecule has 2 aromatic carbocycles. The molecule has 0 spiro atoms. The lowest BCUT2D eigenvalue weighted by Crippen LogP contribution is -2.17. The second-order valence-corrected chi connectivity index (χ2v) is 8.48. The molecule has 0 radical (unpaired) electrons. The molecule has 1 N–H and O–H groups in total. The van der Waals surface area contributed by atoms with Crippen molar-refractivity contribution in [3.8, 4) is 17.2 Å². The third-order valence-corrected chi connectivity index (χ3v) is 5.04. The van der Waals surface area contributed by atoms with Crippen molar-refractivity contribution in [2.45, 2.75) is 46.0 Å². The molecular formula is C24H31N3O5. The van der Waals surface area contributed by atoms with Crippen molar-refractivity contribution in [3.05, 3.63) is 41.5 Å². The molecule has 172 valence electrons. The van der Waals surface area contributed by atoms with E-state index in [1.165, 1.54) is 4.80 Å². The first-order valence-electron chi connectivity index (χ1n) is 10.7. The van der Waals surface area contributed by atoms with Crippen molar-refractivity contribution in [1.29, 1.82) is 0 Å². The smallest absolute Gasteiger partial charge is 0.306 e. The van der Waals surface area contributed by atoms with Crippen LogP contribution in [0.4, 0.5) is 0 Å². The summed E-state index contributed by atoms with van der Waals surface area (Å²) in [5, 5.41) is 20.5. The van der Waals surface area contributed by atoms with Crippen LogP contribution in [0.15, 0.2) is 30.3 Å². The van der Waals surface area contributed by atoms with Gasteiger partial charge in [-0.15, -0.1) is 15.0 Å². The molecule has 1 heterocycles. The molecule has 3 aromatic rings. The number of nitrogens with zero attached hydrogens (tertiary/aromatic N) is 3. The van der Waals surface area contributed by atoms with E-state index in [-0.39, 0.29) is 30.2 Å². The van der Waals surface area contributed by atoms with Gasteiger partial charge in [-0.1, -0.05) is 32.9 Å². The molecule has 0 aliphatic heterocycles. The highest BCUT2D eigenvalue weighted by Crippen LogP contribution is 2.43. The molecule has 8 nitrogen and oxygen atoms in total. The zero-order valence-electron chi connectivity index (χ0n) is 19.3. The normalized spacial score (nSPS) is 11.7. The van der Waals surface area contributed by atoms with Crippen LogP contribution in [0.1, 0.15) is 45.2 Å². The minimum absolute atomic E-state index is 0.0464. The second kappa shape index (κ2) is 9.99. The number of benzene rings is 2. The zero-order valence-corrected chi connectivity index (χ0v) is 19.3. The van der Waals surface area contributed by atoms with Gasteiger partial charge in [0.25, 0.3) is 0 Å². The maximum atomic E-state index is 12.0. The Morgan fingerprint density at radius 2 is 1.78 bits per heavy atom. The highest BCUT2D eigenvalue weighted by Gasteiger charge is 2.28. The number of ether oxygens (including phenoxy) is 3. The maximum Gasteiger partial charge on any atom is 0.306 e. The Bertz CT molecular complexity index is 1050. The summed E-state index contributed by atoms with van der Waals surface area (Å²) in [6.07, 6.45) is 0.578. The number of hydrogen-bond donors (Lipinski definition) is 1. The van der Waals surface area contributed by atoms with Gasteiger partial charge in [0, 0.05) is 19.1 Å². The summed E-state index contributed by atoms with van der Waals surface area (Å²) < 4.78 is 16.3. The number of fused-ring (bicyclic) bond motifs is 1. The Hall–Kier alpha value is -3.13. The molecule has 8 heteroatoms. The standard InChI is InChI=1S/C24H31N3O5/c1-6-31-20(28)12-11-16-15-17(24(2,3)4)22(29)21(23(16)32-14-13-30-5)27-25-18-9-7-8-10-19(18)26-27/h7-10,15,29H,6,11-14H2,1-5H3. The number of carbonyl (C=O) groups is 1. The summed E-state index contributed by atoms with van der Waals surface area (Å²) >= 11 is 0. The van der Waals surface area contributed by atoms with Gasteiger partial charge in [-0.2, -0.15) is 0 Å². The predicted octanol–water partition coefficient (Wildman–Crippen LogP) is 3.94. The lowest BCUT2D eigenvalue weighted by molar-refractivity contribution is -0.143. The first-order chi connectivity index (χ1) is 15.3. The number of aromatic hydroxyl groups is 1. The van der Waals surface area contributed by atoms with Crippen LogP contribution in [0.2, 0.25) is 0 Å². The number of methoxy groups -OCH3 is 1. The Morgan fingerprint density at radius 1 is 1.12 bits per heavy atom. The summed E-state index contributed by atoms with van der Waals surface area (Å²) in [6, 6.07) is 9.37. The lowest BCUT2D eigenvalue weighted by Gasteiger charge is -2.25. The van der Waals surface area contributed by atoms with Crippen LogP contribution in [0.5, 0.6) is 11.5 Å². The first kappa shape index (κ1) is 23.5. The monoisotopic (exact) mass is 441 g/mol. The summed E-state index contributed by atoms with van der Waals surface area (Å²) in [7, 11) is 1.59. The van der Waals surface area contributed by atoms with E-state index in [0.717, 1.165) is 5.56 Å². The maximum absolute atomic E-state index is 12.0. The number of aromatic nitrogens is 3. The molecule has 0 aliphatic carbocycles. The molecule has 0 fully saturated rings. The largest absolute Gasteiger partial charge is 0.505 e. The number of rotatable bonds is 9. The Labute approximate surface area is 188 Å². The fraction of sp³-hybridized carbons (Fsp3) is 0.458. The molecule has 0 saturated heterocycles. The van der Waals surface area contributed by atoms with Gasteiger partial charge in [0.1, 0.15) is 17.6 Å². The number of aryl methyl sites for hydroxylation is 1. The molecule has 0 saturated carbocycles. The SMILES string of the molecule is CCOC(=O)CCc1cc(C(C)(C)C)c(O)c(-n2nc3ccccc3n2)c1OCCOC. The van der Waals surface area contributed by atoms with Gasteiger partial charge in [-0.25, -0.2) is 0 Å². The van der Waals surface area contributed by atoms with Crippen molar-refractivity contribution < 1.29 is 24.1 Å². The van der Waals surface area contributed by atoms with E-state index in [2.05, 4.69) is 10.2 Å². The predicted molar refractivity (Wildman–Crippen MR) is 122 cm³/mol. The highest BCUT2D eigenvalue weighted by molar-refractivity contribution is 5.75. The average Bonchev–Trinajstić information content (AvgIpc) is 3.16. The van der Waals surface area contributed by atoms with Crippen LogP contribution in [-0.4, -0.2) is 53.0 Å². The van der Waals surface area contributed by atoms with Crippen LogP contribution >= 0.6 is 0 Å². The minimum Gasteiger partial charge on any atom is -0.505 e. The zero-order chi connectivity index (χ0) is 23.3. The van der Waals surface area contributed by atoms with Crippen LogP contribution in [0.3, 0.4) is 0 Å². The van der Waals surface area contributed by atoms with E-state index in [0.29, 0.717) is 47.7 Å². The number of carbonyl (C=O) groups excluding carboxylic acids is 1. The van der Waals surface area contributed by atoms with Crippen molar-refractivity contribution >= 4 is 17.0 Å². The molecule has 0 aliphatic rings. The van der Waals surface area contributed by atoms with Gasteiger partial charge < -0.3 is 19.3 Å². The third-order valence-electron chi connectivity index (χ3n) is 5.04. The van der Waals surface area contributed by atoms with Crippen molar-refractivity contribution in [3.63, 3.8) is 0 Å². The van der Waals surface area contributed by atoms with E-state index in [9.17, 15) is 9.90 Å². The summed E-state index contributed by atoms with van der Waals surface area (Å²) in [4.78, 5) is 13.5. The van der Waals surface area contributed by atoms with Crippen LogP contribution in [0, 0.1) is 0 Å². The van der Waals surface area contributed by atoms with Crippen molar-refractivity contribution in [2.24, 2.45) is 0 Å². The molecule has 3 rings (SSSR count). The van der Waals surface area contributed by atoms with Crippen LogP contribution in [-0.2, 0) is 26.1 Å². The molecule has 0 unspecified atom stereocenters. The first-order valence-corrected chi connectivity index (χ1v) is 10.7. The molecule has 0 amide bonds. The van der Waals surface area contributed by atoms with Gasteiger partial charge in [0.2, 0.25) is 0 Å². The number of phenolic OH excluding ortho intramolecular Hbond substituents is 1. The van der Waals surface area contributed by atoms with Gasteiger partial charge in [-0.05, 0) is 42.5 Å². The number of esters is 1. The number of hydrogen-bond acceptors (Lipinski definition) is 7. The quantitative estimate of drug-likeness (QED) is 0.397. The summed E-state index contributed by atoms with van der Waals surface area (Å²) in [5.41, 5.74) is 2.87. The lowest BCUT2D eigenvalue weighted by atomic mass is 9.84. The summed E-state index contributed by atoms with van der Waals surface area (Å²) in [6.45, 7) is 8.78. The van der Waals surface area contributed by atoms with Gasteiger partial charge in [0.05, 0.1) is 13.2 Å². The Kier molecular flexibility index (Phi) is 7.35. The second-order valence-electron chi connectivity index (χ2n) is 8.48. The Morgan fingerprint density at radius 3 is 2.34 bits per heavy atom. The molecule has 1 aromatic heterocycles. The van der Waals surface area contributed by atoms with E-state index in [1.54, 1.807) is 14.0 Å². The van der Waals surface area contributed by atoms with E-state index in [4.69, 9.17) is 14.2 Å². The number of phenols is 1. The molecule has 0 atom stereocenters. The van der Waals surface area contributed by atoms with E-state index < -0.39 is 0 Å². The van der Waals surface area contributed by atoms with E-state index >= 15 is 0 Å². The van der Waals surface area contributed by atoms with Crippen LogP contribution < -0.4 is 4.74 Å². The highest BCUT2D eigenvalue weighted by atomic mass is 16.5. The average molecular weight is 442 g/mol. The summed E-state index contributed by atoms with van der Waals surface area (Å²) in [5.74, 6) is 0.187. The van der Waals surface area contributed by atoms with Gasteiger partial charge in [0.15, 0.2) is 17.2 Å². The van der Waals surface area contributed by atoms with E-state index in [1.807, 2.05) is 51.1 Å². The molecular weight excluding hydrogens is 410 g/mol. The topological polar surface area (TPSA) is 95.7 Å². The van der Waals surface area contributed by atoms with Crippen molar-refractivity contribution in [1.82, 2.24) is 15.0 Å². The van der Waals surface area contributed by atoms with Gasteiger partial charge >= 0.3 is 5.97 Å². The minimum atomic E-state index is -0.366. The fourth-order valence-electron chi connectivity index (χ4n) is 3.46.